The molecule has 3 N–H and O–H groups in total. The molecule has 0 aromatic rings. The van der Waals surface area contributed by atoms with Crippen LogP contribution in [0.5, 0.6) is 0 Å². The molecule has 0 spiro atoms. The largest absolute Gasteiger partial charge is 0.352 e. The van der Waals surface area contributed by atoms with Crippen LogP contribution in [0.15, 0.2) is 0 Å². The van der Waals surface area contributed by atoms with Crippen LogP contribution in [0.1, 0.15) is 38.5 Å². The number of likely N-dealkylation sites (tertiary alicyclic amines) is 1. The fraction of sp³-hybridized carbons (Fsp3) is 0.867. The van der Waals surface area contributed by atoms with Crippen LogP contribution < -0.4 is 11.1 Å². The second-order valence-corrected chi connectivity index (χ2v) is 6.59. The highest BCUT2D eigenvalue weighted by Crippen LogP contribution is 2.34. The Labute approximate surface area is 132 Å². The van der Waals surface area contributed by atoms with E-state index in [1.807, 2.05) is 4.90 Å². The summed E-state index contributed by atoms with van der Waals surface area (Å²) in [6.07, 6.45) is 6.25. The second-order valence-electron chi connectivity index (χ2n) is 6.59. The first-order chi connectivity index (χ1) is 9.69. The molecule has 0 aromatic heterocycles. The number of hydrogen-bond donors (Lipinski definition) is 2. The van der Waals surface area contributed by atoms with E-state index < -0.39 is 0 Å². The number of rotatable bonds is 5. The van der Waals surface area contributed by atoms with Crippen LogP contribution in [-0.4, -0.2) is 42.4 Å². The number of carbonyl (C=O) groups excluding carboxylic acids is 2. The minimum Gasteiger partial charge on any atom is -0.352 e. The Kier molecular flexibility index (Phi) is 5.49. The summed E-state index contributed by atoms with van der Waals surface area (Å²) in [7, 11) is 0. The summed E-state index contributed by atoms with van der Waals surface area (Å²) in [5.41, 5.74) is 5.74. The zero-order chi connectivity index (χ0) is 14.1. The number of halogens is 1. The molecule has 2 aliphatic carbocycles. The Morgan fingerprint density at radius 1 is 1.14 bits per heavy atom. The van der Waals surface area contributed by atoms with Gasteiger partial charge in [0.25, 0.3) is 0 Å². The number of nitrogens with zero attached hydrogens (tertiary/aromatic N) is 1. The molecule has 3 fully saturated rings. The Morgan fingerprint density at radius 3 is 2.43 bits per heavy atom. The normalized spacial score (nSPS) is 26.7. The molecular formula is C15H26ClN3O2. The van der Waals surface area contributed by atoms with Gasteiger partial charge in [0.1, 0.15) is 0 Å². The summed E-state index contributed by atoms with van der Waals surface area (Å²) in [6.45, 7) is 1.94. The summed E-state index contributed by atoms with van der Waals surface area (Å²) < 4.78 is 0. The van der Waals surface area contributed by atoms with Gasteiger partial charge in [-0.05, 0) is 44.4 Å². The lowest BCUT2D eigenvalue weighted by atomic mass is 9.96. The molecule has 3 aliphatic rings. The van der Waals surface area contributed by atoms with Crippen LogP contribution in [0.25, 0.3) is 0 Å². The van der Waals surface area contributed by atoms with E-state index in [4.69, 9.17) is 5.73 Å². The maximum Gasteiger partial charge on any atom is 0.225 e. The minimum atomic E-state index is -0.0424. The minimum absolute atomic E-state index is 0. The molecular weight excluding hydrogens is 290 g/mol. The quantitative estimate of drug-likeness (QED) is 0.792. The number of nitrogens with two attached hydrogens (primary N) is 1. The first-order valence-electron chi connectivity index (χ1n) is 7.98. The number of hydrogen-bond acceptors (Lipinski definition) is 3. The van der Waals surface area contributed by atoms with Gasteiger partial charge >= 0.3 is 0 Å². The fourth-order valence-electron chi connectivity index (χ4n) is 3.15. The number of piperidine rings is 1. The maximum absolute atomic E-state index is 12.3. The van der Waals surface area contributed by atoms with Crippen molar-refractivity contribution in [3.8, 4) is 0 Å². The lowest BCUT2D eigenvalue weighted by Gasteiger charge is -2.33. The van der Waals surface area contributed by atoms with Crippen molar-refractivity contribution in [2.24, 2.45) is 23.5 Å². The van der Waals surface area contributed by atoms with Gasteiger partial charge in [-0.1, -0.05) is 0 Å². The molecule has 0 radical (unpaired) electrons. The number of carbonyl (C=O) groups is 2. The van der Waals surface area contributed by atoms with Gasteiger partial charge < -0.3 is 16.0 Å². The average molecular weight is 316 g/mol. The molecule has 2 saturated carbocycles. The standard InChI is InChI=1S/C15H25N3O2.ClH/c16-8-13(10-3-4-10)17-14(19)12-2-1-7-18(9-12)15(20)11-5-6-11;/h10-13H,1-9,16H2,(H,17,19);1H. The van der Waals surface area contributed by atoms with Crippen molar-refractivity contribution < 1.29 is 9.59 Å². The Hall–Kier alpha value is -0.810. The van der Waals surface area contributed by atoms with E-state index in [1.165, 1.54) is 12.8 Å². The van der Waals surface area contributed by atoms with Crippen molar-refractivity contribution in [3.05, 3.63) is 0 Å². The van der Waals surface area contributed by atoms with Gasteiger partial charge in [-0.25, -0.2) is 0 Å². The molecule has 0 bridgehead atoms. The summed E-state index contributed by atoms with van der Waals surface area (Å²) in [5.74, 6) is 1.15. The zero-order valence-electron chi connectivity index (χ0n) is 12.4. The maximum atomic E-state index is 12.3. The predicted molar refractivity (Wildman–Crippen MR) is 83.0 cm³/mol. The van der Waals surface area contributed by atoms with Crippen molar-refractivity contribution >= 4 is 24.2 Å². The number of nitrogens with one attached hydrogen (secondary N) is 1. The zero-order valence-corrected chi connectivity index (χ0v) is 13.2. The molecule has 2 atom stereocenters. The highest BCUT2D eigenvalue weighted by Gasteiger charge is 2.38. The molecule has 120 valence electrons. The van der Waals surface area contributed by atoms with Crippen molar-refractivity contribution in [1.29, 1.82) is 0 Å². The molecule has 0 aromatic carbocycles. The molecule has 6 heteroatoms. The third-order valence-electron chi connectivity index (χ3n) is 4.80. The monoisotopic (exact) mass is 315 g/mol. The van der Waals surface area contributed by atoms with E-state index in [0.717, 1.165) is 32.2 Å². The average Bonchev–Trinajstić information content (AvgIpc) is 3.35. The molecule has 2 unspecified atom stereocenters. The molecule has 1 heterocycles. The van der Waals surface area contributed by atoms with E-state index >= 15 is 0 Å². The first kappa shape index (κ1) is 16.6. The Morgan fingerprint density at radius 2 is 1.86 bits per heavy atom. The summed E-state index contributed by atoms with van der Waals surface area (Å²) >= 11 is 0. The molecule has 3 rings (SSSR count). The summed E-state index contributed by atoms with van der Waals surface area (Å²) in [5, 5.41) is 3.10. The van der Waals surface area contributed by atoms with Crippen molar-refractivity contribution in [1.82, 2.24) is 10.2 Å². The molecule has 2 amide bonds. The van der Waals surface area contributed by atoms with Crippen LogP contribution in [0.3, 0.4) is 0 Å². The van der Waals surface area contributed by atoms with Gasteiger partial charge in [0.05, 0.1) is 5.92 Å². The summed E-state index contributed by atoms with van der Waals surface area (Å²) in [6, 6.07) is 0.136. The van der Waals surface area contributed by atoms with Crippen molar-refractivity contribution in [2.75, 3.05) is 19.6 Å². The van der Waals surface area contributed by atoms with Crippen LogP contribution >= 0.6 is 12.4 Å². The third-order valence-corrected chi connectivity index (χ3v) is 4.80. The van der Waals surface area contributed by atoms with Gasteiger partial charge in [-0.15, -0.1) is 12.4 Å². The van der Waals surface area contributed by atoms with Gasteiger partial charge in [0, 0.05) is 31.6 Å². The molecule has 21 heavy (non-hydrogen) atoms. The Balaban J connectivity index is 0.00000161. The second kappa shape index (κ2) is 6.97. The topological polar surface area (TPSA) is 75.4 Å². The molecule has 1 aliphatic heterocycles. The van der Waals surface area contributed by atoms with E-state index in [2.05, 4.69) is 5.32 Å². The lowest BCUT2D eigenvalue weighted by Crippen LogP contribution is -2.50. The van der Waals surface area contributed by atoms with Gasteiger partial charge in [-0.3, -0.25) is 9.59 Å². The van der Waals surface area contributed by atoms with Crippen molar-refractivity contribution in [3.63, 3.8) is 0 Å². The van der Waals surface area contributed by atoms with Crippen LogP contribution in [-0.2, 0) is 9.59 Å². The van der Waals surface area contributed by atoms with Crippen molar-refractivity contribution in [2.45, 2.75) is 44.6 Å². The SMILES string of the molecule is Cl.NCC(NC(=O)C1CCCN(C(=O)C2CC2)C1)C1CC1. The smallest absolute Gasteiger partial charge is 0.225 e. The van der Waals surface area contributed by atoms with E-state index in [1.54, 1.807) is 0 Å². The fourth-order valence-corrected chi connectivity index (χ4v) is 3.15. The lowest BCUT2D eigenvalue weighted by molar-refractivity contribution is -0.137. The highest BCUT2D eigenvalue weighted by atomic mass is 35.5. The van der Waals surface area contributed by atoms with Crippen LogP contribution in [0.4, 0.5) is 0 Å². The van der Waals surface area contributed by atoms with Crippen LogP contribution in [0.2, 0.25) is 0 Å². The highest BCUT2D eigenvalue weighted by molar-refractivity contribution is 5.85. The predicted octanol–water partition coefficient (Wildman–Crippen LogP) is 0.910. The van der Waals surface area contributed by atoms with E-state index in [0.29, 0.717) is 19.0 Å². The van der Waals surface area contributed by atoms with Gasteiger partial charge in [0.2, 0.25) is 11.8 Å². The first-order valence-corrected chi connectivity index (χ1v) is 7.98. The van der Waals surface area contributed by atoms with Crippen LogP contribution in [0, 0.1) is 17.8 Å². The van der Waals surface area contributed by atoms with E-state index in [9.17, 15) is 9.59 Å². The summed E-state index contributed by atoms with van der Waals surface area (Å²) in [4.78, 5) is 26.4. The third kappa shape index (κ3) is 4.10. The molecule has 1 saturated heterocycles. The van der Waals surface area contributed by atoms with Gasteiger partial charge in [0.15, 0.2) is 0 Å². The van der Waals surface area contributed by atoms with Gasteiger partial charge in [-0.2, -0.15) is 0 Å². The van der Waals surface area contributed by atoms with E-state index in [-0.39, 0.29) is 42.1 Å². The Bertz CT molecular complexity index is 396. The number of amides is 2. The molecule has 5 nitrogen and oxygen atoms in total.